The van der Waals surface area contributed by atoms with Crippen molar-refractivity contribution in [3.8, 4) is 23.1 Å². The SMILES string of the molecule is N#Cc1c(Cl)cccc1-n1nnc(-c2ccccc2)n1. The zero-order chi connectivity index (χ0) is 13.9. The maximum absolute atomic E-state index is 9.16. The molecule has 20 heavy (non-hydrogen) atoms. The molecule has 3 rings (SSSR count). The predicted molar refractivity (Wildman–Crippen MR) is 74.3 cm³/mol. The number of hydrogen-bond donors (Lipinski definition) is 0. The van der Waals surface area contributed by atoms with E-state index in [-0.39, 0.29) is 0 Å². The van der Waals surface area contributed by atoms with Gasteiger partial charge in [0, 0.05) is 5.56 Å². The quantitative estimate of drug-likeness (QED) is 0.724. The van der Waals surface area contributed by atoms with E-state index < -0.39 is 0 Å². The van der Waals surface area contributed by atoms with Crippen molar-refractivity contribution < 1.29 is 0 Å². The highest BCUT2D eigenvalue weighted by Crippen LogP contribution is 2.22. The number of tetrazole rings is 1. The molecule has 0 unspecified atom stereocenters. The lowest BCUT2D eigenvalue weighted by Crippen LogP contribution is -2.02. The van der Waals surface area contributed by atoms with Crippen molar-refractivity contribution in [2.24, 2.45) is 0 Å². The number of halogens is 1. The van der Waals surface area contributed by atoms with E-state index in [0.717, 1.165) is 5.56 Å². The van der Waals surface area contributed by atoms with Gasteiger partial charge in [0.25, 0.3) is 0 Å². The van der Waals surface area contributed by atoms with Crippen molar-refractivity contribution >= 4 is 11.6 Å². The van der Waals surface area contributed by atoms with E-state index in [9.17, 15) is 0 Å². The predicted octanol–water partition coefficient (Wildman–Crippen LogP) is 2.85. The van der Waals surface area contributed by atoms with Crippen LogP contribution in [-0.4, -0.2) is 20.2 Å². The molecule has 2 aromatic carbocycles. The van der Waals surface area contributed by atoms with Crippen molar-refractivity contribution in [3.05, 3.63) is 59.1 Å². The summed E-state index contributed by atoms with van der Waals surface area (Å²) in [6.45, 7) is 0. The van der Waals surface area contributed by atoms with Gasteiger partial charge in [-0.25, -0.2) is 0 Å². The molecule has 0 spiro atoms. The maximum Gasteiger partial charge on any atom is 0.205 e. The van der Waals surface area contributed by atoms with Crippen LogP contribution in [0.3, 0.4) is 0 Å². The second kappa shape index (κ2) is 5.11. The van der Waals surface area contributed by atoms with Gasteiger partial charge in [0.1, 0.15) is 11.8 Å². The van der Waals surface area contributed by atoms with Crippen LogP contribution in [0.2, 0.25) is 5.02 Å². The van der Waals surface area contributed by atoms with Crippen molar-refractivity contribution in [2.75, 3.05) is 0 Å². The van der Waals surface area contributed by atoms with Gasteiger partial charge in [0.05, 0.1) is 10.6 Å². The molecule has 0 saturated carbocycles. The topological polar surface area (TPSA) is 67.4 Å². The number of rotatable bonds is 2. The van der Waals surface area contributed by atoms with Crippen LogP contribution in [0.25, 0.3) is 17.1 Å². The molecule has 0 bridgehead atoms. The largest absolute Gasteiger partial charge is 0.205 e. The fraction of sp³-hybridized carbons (Fsp3) is 0. The van der Waals surface area contributed by atoms with Crippen LogP contribution >= 0.6 is 11.6 Å². The van der Waals surface area contributed by atoms with Crippen LogP contribution in [0, 0.1) is 11.3 Å². The van der Waals surface area contributed by atoms with Gasteiger partial charge < -0.3 is 0 Å². The first-order valence-corrected chi connectivity index (χ1v) is 6.22. The lowest BCUT2D eigenvalue weighted by molar-refractivity contribution is 0.718. The molecular formula is C14H8ClN5. The van der Waals surface area contributed by atoms with Gasteiger partial charge in [-0.15, -0.1) is 15.0 Å². The summed E-state index contributed by atoms with van der Waals surface area (Å²) in [6, 6.07) is 16.7. The van der Waals surface area contributed by atoms with Crippen LogP contribution < -0.4 is 0 Å². The summed E-state index contributed by atoms with van der Waals surface area (Å²) in [5, 5.41) is 21.8. The molecular weight excluding hydrogens is 274 g/mol. The smallest absolute Gasteiger partial charge is 0.192 e. The summed E-state index contributed by atoms with van der Waals surface area (Å²) in [5.74, 6) is 0.495. The van der Waals surface area contributed by atoms with Crippen LogP contribution in [-0.2, 0) is 0 Å². The summed E-state index contributed by atoms with van der Waals surface area (Å²) < 4.78 is 0. The van der Waals surface area contributed by atoms with Crippen molar-refractivity contribution in [1.29, 1.82) is 5.26 Å². The molecule has 0 N–H and O–H groups in total. The summed E-state index contributed by atoms with van der Waals surface area (Å²) in [6.07, 6.45) is 0. The molecule has 0 atom stereocenters. The van der Waals surface area contributed by atoms with Gasteiger partial charge in [0.2, 0.25) is 5.82 Å². The Bertz CT molecular complexity index is 789. The Hall–Kier alpha value is -2.71. The molecule has 5 nitrogen and oxygen atoms in total. The first kappa shape index (κ1) is 12.3. The summed E-state index contributed by atoms with van der Waals surface area (Å²) in [4.78, 5) is 1.31. The summed E-state index contributed by atoms with van der Waals surface area (Å²) in [7, 11) is 0. The highest BCUT2D eigenvalue weighted by molar-refractivity contribution is 6.32. The molecule has 0 aliphatic heterocycles. The molecule has 0 fully saturated rings. The van der Waals surface area contributed by atoms with Crippen LogP contribution in [0.4, 0.5) is 0 Å². The fourth-order valence-electron chi connectivity index (χ4n) is 1.81. The van der Waals surface area contributed by atoms with E-state index in [1.54, 1.807) is 18.2 Å². The minimum atomic E-state index is 0.325. The van der Waals surface area contributed by atoms with Gasteiger partial charge in [0.15, 0.2) is 0 Å². The third kappa shape index (κ3) is 2.13. The lowest BCUT2D eigenvalue weighted by Gasteiger charge is -2.02. The third-order valence-corrected chi connectivity index (χ3v) is 3.08. The zero-order valence-electron chi connectivity index (χ0n) is 10.2. The average molecular weight is 282 g/mol. The molecule has 1 heterocycles. The number of nitriles is 1. The fourth-order valence-corrected chi connectivity index (χ4v) is 2.02. The van der Waals surface area contributed by atoms with Crippen LogP contribution in [0.5, 0.6) is 0 Å². The molecule has 0 saturated heterocycles. The molecule has 0 amide bonds. The molecule has 0 radical (unpaired) electrons. The Kier molecular flexibility index (Phi) is 3.15. The number of benzene rings is 2. The second-order valence-electron chi connectivity index (χ2n) is 4.01. The number of hydrogen-bond acceptors (Lipinski definition) is 4. The van der Waals surface area contributed by atoms with Gasteiger partial charge in [-0.3, -0.25) is 0 Å². The van der Waals surface area contributed by atoms with Crippen molar-refractivity contribution in [1.82, 2.24) is 20.2 Å². The van der Waals surface area contributed by atoms with Crippen molar-refractivity contribution in [3.63, 3.8) is 0 Å². The molecule has 0 aliphatic rings. The van der Waals surface area contributed by atoms with E-state index in [4.69, 9.17) is 16.9 Å². The average Bonchev–Trinajstić information content (AvgIpc) is 2.97. The summed E-state index contributed by atoms with van der Waals surface area (Å²) >= 11 is 5.99. The van der Waals surface area contributed by atoms with Crippen LogP contribution in [0.15, 0.2) is 48.5 Å². The highest BCUT2D eigenvalue weighted by atomic mass is 35.5. The zero-order valence-corrected chi connectivity index (χ0v) is 11.0. The van der Waals surface area contributed by atoms with Gasteiger partial charge in [-0.1, -0.05) is 48.0 Å². The molecule has 6 heteroatoms. The third-order valence-electron chi connectivity index (χ3n) is 2.76. The Morgan fingerprint density at radius 1 is 1.05 bits per heavy atom. The summed E-state index contributed by atoms with van der Waals surface area (Å²) in [5.41, 5.74) is 1.69. The normalized spacial score (nSPS) is 10.2. The Morgan fingerprint density at radius 3 is 2.60 bits per heavy atom. The first-order chi connectivity index (χ1) is 9.79. The van der Waals surface area contributed by atoms with Gasteiger partial charge in [-0.2, -0.15) is 5.26 Å². The van der Waals surface area contributed by atoms with Crippen LogP contribution in [0.1, 0.15) is 5.56 Å². The molecule has 96 valence electrons. The molecule has 3 aromatic rings. The van der Waals surface area contributed by atoms with E-state index in [1.807, 2.05) is 30.3 Å². The van der Waals surface area contributed by atoms with Crippen molar-refractivity contribution in [2.45, 2.75) is 0 Å². The monoisotopic (exact) mass is 281 g/mol. The molecule has 1 aromatic heterocycles. The van der Waals surface area contributed by atoms with E-state index in [1.165, 1.54) is 4.80 Å². The minimum Gasteiger partial charge on any atom is -0.192 e. The Morgan fingerprint density at radius 2 is 1.85 bits per heavy atom. The number of aromatic nitrogens is 4. The Balaban J connectivity index is 2.08. The van der Waals surface area contributed by atoms with E-state index in [0.29, 0.717) is 22.1 Å². The Labute approximate surface area is 120 Å². The van der Waals surface area contributed by atoms with E-state index >= 15 is 0 Å². The first-order valence-electron chi connectivity index (χ1n) is 5.84. The second-order valence-corrected chi connectivity index (χ2v) is 4.42. The number of nitrogens with zero attached hydrogens (tertiary/aromatic N) is 5. The molecule has 0 aliphatic carbocycles. The maximum atomic E-state index is 9.16. The highest BCUT2D eigenvalue weighted by Gasteiger charge is 2.12. The van der Waals surface area contributed by atoms with Gasteiger partial charge >= 0.3 is 0 Å². The lowest BCUT2D eigenvalue weighted by atomic mass is 10.2. The standard InChI is InChI=1S/C14H8ClN5/c15-12-7-4-8-13(11(12)9-16)20-18-14(17-19-20)10-5-2-1-3-6-10/h1-8H. The minimum absolute atomic E-state index is 0.325. The van der Waals surface area contributed by atoms with Gasteiger partial charge in [-0.05, 0) is 17.3 Å². The van der Waals surface area contributed by atoms with E-state index in [2.05, 4.69) is 21.5 Å².